The number of nitrogens with one attached hydrogen (secondary N) is 1. The van der Waals surface area contributed by atoms with Gasteiger partial charge in [-0.3, -0.25) is 4.79 Å². The molecule has 1 aliphatic rings. The summed E-state index contributed by atoms with van der Waals surface area (Å²) >= 11 is 0. The van der Waals surface area contributed by atoms with Crippen molar-refractivity contribution >= 4 is 5.91 Å². The number of nitrogens with two attached hydrogens (primary N) is 1. The molecule has 3 nitrogen and oxygen atoms in total. The van der Waals surface area contributed by atoms with Crippen LogP contribution in [-0.4, -0.2) is 12.1 Å². The van der Waals surface area contributed by atoms with Crippen molar-refractivity contribution in [1.29, 1.82) is 0 Å². The average molecular weight is 126 g/mol. The quantitative estimate of drug-likeness (QED) is 0.434. The predicted octanol–water partition coefficient (Wildman–Crippen LogP) is -0.407. The Kier molecular flexibility index (Phi) is 1.53. The van der Waals surface area contributed by atoms with Gasteiger partial charge in [-0.05, 0) is 0 Å². The smallest absolute Gasteiger partial charge is 0.228 e. The van der Waals surface area contributed by atoms with E-state index in [1.807, 2.05) is 13.0 Å². The van der Waals surface area contributed by atoms with Crippen molar-refractivity contribution in [3.8, 4) is 0 Å². The lowest BCUT2D eigenvalue weighted by Gasteiger charge is -2.17. The first kappa shape index (κ1) is 6.29. The van der Waals surface area contributed by atoms with Gasteiger partial charge in [-0.1, -0.05) is 19.1 Å². The maximum Gasteiger partial charge on any atom is 0.228 e. The van der Waals surface area contributed by atoms with E-state index in [4.69, 9.17) is 5.73 Å². The third kappa shape index (κ3) is 1.29. The Labute approximate surface area is 53.9 Å². The maximum atomic E-state index is 10.8. The van der Waals surface area contributed by atoms with Crippen molar-refractivity contribution in [1.82, 2.24) is 5.32 Å². The van der Waals surface area contributed by atoms with Crippen LogP contribution >= 0.6 is 0 Å². The first-order valence-corrected chi connectivity index (χ1v) is 2.94. The lowest BCUT2D eigenvalue weighted by molar-refractivity contribution is -0.123. The molecule has 50 valence electrons. The molecule has 0 aliphatic carbocycles. The monoisotopic (exact) mass is 126 g/mol. The van der Waals surface area contributed by atoms with Crippen LogP contribution < -0.4 is 11.1 Å². The Hall–Kier alpha value is -0.830. The average Bonchev–Trinajstić information content (AvgIpc) is 1.80. The molecular formula is C6H10N2O. The molecule has 0 aromatic carbocycles. The highest BCUT2D eigenvalue weighted by atomic mass is 16.2. The maximum absolute atomic E-state index is 10.8. The normalized spacial score (nSPS) is 34.2. The third-order valence-corrected chi connectivity index (χ3v) is 1.33. The Morgan fingerprint density at radius 3 is 2.78 bits per heavy atom. The first-order chi connectivity index (χ1) is 4.20. The highest BCUT2D eigenvalue weighted by Crippen LogP contribution is 2.02. The van der Waals surface area contributed by atoms with Gasteiger partial charge in [-0.25, -0.2) is 0 Å². The Balaban J connectivity index is 2.65. The zero-order chi connectivity index (χ0) is 6.85. The van der Waals surface area contributed by atoms with Gasteiger partial charge in [0.2, 0.25) is 5.91 Å². The van der Waals surface area contributed by atoms with E-state index in [1.165, 1.54) is 0 Å². The molecule has 2 unspecified atom stereocenters. The van der Waals surface area contributed by atoms with E-state index in [-0.39, 0.29) is 18.0 Å². The summed E-state index contributed by atoms with van der Waals surface area (Å²) in [5.74, 6) is -0.0187. The van der Waals surface area contributed by atoms with Crippen LogP contribution in [0.15, 0.2) is 12.2 Å². The summed E-state index contributed by atoms with van der Waals surface area (Å²) in [6.07, 6.45) is 3.31. The van der Waals surface area contributed by atoms with E-state index < -0.39 is 0 Å². The molecule has 0 radical (unpaired) electrons. The lowest BCUT2D eigenvalue weighted by atomic mass is 10.1. The lowest BCUT2D eigenvalue weighted by Crippen LogP contribution is -2.45. The summed E-state index contributed by atoms with van der Waals surface area (Å²) in [6, 6.07) is 0. The van der Waals surface area contributed by atoms with Crippen LogP contribution in [0.2, 0.25) is 0 Å². The number of hydrogen-bond donors (Lipinski definition) is 2. The summed E-state index contributed by atoms with van der Waals surface area (Å²) in [5, 5.41) is 2.58. The van der Waals surface area contributed by atoms with Crippen molar-refractivity contribution in [2.45, 2.75) is 13.1 Å². The molecule has 3 heteroatoms. The standard InChI is InChI=1S/C6H10N2O/c1-4-2-3-5(7)8-6(4)9/h2-5H,7H2,1H3,(H,8,9). The zero-order valence-corrected chi connectivity index (χ0v) is 5.29. The highest BCUT2D eigenvalue weighted by molar-refractivity contribution is 5.81. The minimum atomic E-state index is -0.284. The van der Waals surface area contributed by atoms with E-state index in [9.17, 15) is 4.79 Å². The minimum absolute atomic E-state index is 0.00463. The third-order valence-electron chi connectivity index (χ3n) is 1.33. The molecule has 1 heterocycles. The van der Waals surface area contributed by atoms with Crippen molar-refractivity contribution in [2.75, 3.05) is 0 Å². The zero-order valence-electron chi connectivity index (χ0n) is 5.29. The van der Waals surface area contributed by atoms with E-state index in [0.29, 0.717) is 0 Å². The van der Waals surface area contributed by atoms with Gasteiger partial charge in [0.25, 0.3) is 0 Å². The summed E-state index contributed by atoms with van der Waals surface area (Å²) in [5.41, 5.74) is 5.37. The summed E-state index contributed by atoms with van der Waals surface area (Å²) in [4.78, 5) is 10.8. The van der Waals surface area contributed by atoms with Gasteiger partial charge in [-0.15, -0.1) is 0 Å². The summed E-state index contributed by atoms with van der Waals surface area (Å²) in [6.45, 7) is 1.83. The fourth-order valence-electron chi connectivity index (χ4n) is 0.718. The summed E-state index contributed by atoms with van der Waals surface area (Å²) < 4.78 is 0. The number of carbonyl (C=O) groups excluding carboxylic acids is 1. The van der Waals surface area contributed by atoms with Crippen LogP contribution in [0.4, 0.5) is 0 Å². The highest BCUT2D eigenvalue weighted by Gasteiger charge is 2.15. The second-order valence-corrected chi connectivity index (χ2v) is 2.21. The van der Waals surface area contributed by atoms with Crippen LogP contribution in [-0.2, 0) is 4.79 Å². The molecule has 1 aliphatic heterocycles. The van der Waals surface area contributed by atoms with E-state index in [0.717, 1.165) is 0 Å². The SMILES string of the molecule is CC1C=CC(N)NC1=O. The topological polar surface area (TPSA) is 55.1 Å². The van der Waals surface area contributed by atoms with Gasteiger partial charge in [0, 0.05) is 0 Å². The minimum Gasteiger partial charge on any atom is -0.337 e. The number of rotatable bonds is 0. The van der Waals surface area contributed by atoms with E-state index in [1.54, 1.807) is 6.08 Å². The van der Waals surface area contributed by atoms with Gasteiger partial charge < -0.3 is 11.1 Å². The fourth-order valence-corrected chi connectivity index (χ4v) is 0.718. The molecule has 9 heavy (non-hydrogen) atoms. The van der Waals surface area contributed by atoms with E-state index in [2.05, 4.69) is 5.32 Å². The molecular weight excluding hydrogens is 116 g/mol. The van der Waals surface area contributed by atoms with Gasteiger partial charge in [0.05, 0.1) is 12.1 Å². The second kappa shape index (κ2) is 2.19. The molecule has 0 spiro atoms. The van der Waals surface area contributed by atoms with Crippen molar-refractivity contribution in [3.63, 3.8) is 0 Å². The molecule has 0 saturated heterocycles. The number of carbonyl (C=O) groups is 1. The summed E-state index contributed by atoms with van der Waals surface area (Å²) in [7, 11) is 0. The van der Waals surface area contributed by atoms with Gasteiger partial charge in [0.1, 0.15) is 0 Å². The Morgan fingerprint density at radius 2 is 2.33 bits per heavy atom. The molecule has 0 saturated carbocycles. The van der Waals surface area contributed by atoms with Crippen LogP contribution in [0, 0.1) is 5.92 Å². The van der Waals surface area contributed by atoms with Gasteiger partial charge >= 0.3 is 0 Å². The number of hydrogen-bond acceptors (Lipinski definition) is 2. The van der Waals surface area contributed by atoms with Crippen LogP contribution in [0.1, 0.15) is 6.92 Å². The van der Waals surface area contributed by atoms with E-state index >= 15 is 0 Å². The van der Waals surface area contributed by atoms with Crippen molar-refractivity contribution in [2.24, 2.45) is 11.7 Å². The van der Waals surface area contributed by atoms with Crippen LogP contribution in [0.3, 0.4) is 0 Å². The largest absolute Gasteiger partial charge is 0.337 e. The molecule has 1 rings (SSSR count). The molecule has 1 amide bonds. The van der Waals surface area contributed by atoms with Crippen LogP contribution in [0.5, 0.6) is 0 Å². The molecule has 0 aromatic heterocycles. The predicted molar refractivity (Wildman–Crippen MR) is 34.4 cm³/mol. The van der Waals surface area contributed by atoms with Gasteiger partial charge in [0.15, 0.2) is 0 Å². The number of amides is 1. The Bertz CT molecular complexity index is 153. The second-order valence-electron chi connectivity index (χ2n) is 2.21. The van der Waals surface area contributed by atoms with Gasteiger partial charge in [-0.2, -0.15) is 0 Å². The Morgan fingerprint density at radius 1 is 1.67 bits per heavy atom. The molecule has 0 fully saturated rings. The molecule has 0 bridgehead atoms. The van der Waals surface area contributed by atoms with Crippen LogP contribution in [0.25, 0.3) is 0 Å². The first-order valence-electron chi connectivity index (χ1n) is 2.94. The van der Waals surface area contributed by atoms with Crippen molar-refractivity contribution < 1.29 is 4.79 Å². The molecule has 3 N–H and O–H groups in total. The molecule has 0 aromatic rings. The van der Waals surface area contributed by atoms with Crippen molar-refractivity contribution in [3.05, 3.63) is 12.2 Å². The molecule has 2 atom stereocenters. The fraction of sp³-hybridized carbons (Fsp3) is 0.500.